The number of hydrogen-bond acceptors (Lipinski definition) is 2. The summed E-state index contributed by atoms with van der Waals surface area (Å²) in [7, 11) is 0. The summed E-state index contributed by atoms with van der Waals surface area (Å²) in [5.41, 5.74) is 7.19. The predicted octanol–water partition coefficient (Wildman–Crippen LogP) is 2.46. The Labute approximate surface area is 91.6 Å². The zero-order valence-corrected chi connectivity index (χ0v) is 9.61. The van der Waals surface area contributed by atoms with Crippen LogP contribution < -0.4 is 10.5 Å². The Bertz CT molecular complexity index is 327. The molecule has 0 bridgehead atoms. The summed E-state index contributed by atoms with van der Waals surface area (Å²) in [6, 6.07) is 6.18. The zero-order chi connectivity index (χ0) is 9.42. The molecule has 0 saturated carbocycles. The second kappa shape index (κ2) is 3.46. The first-order valence-corrected chi connectivity index (χ1v) is 5.52. The molecule has 0 spiro atoms. The standard InChI is InChI=1S/C10H12INO/c1-2-8-9(12)6-4-3-5-7(11)10(6)13-8/h3-5,8-9H,2,12H2,1H3. The van der Waals surface area contributed by atoms with Gasteiger partial charge in [0, 0.05) is 5.56 Å². The molecule has 1 heterocycles. The SMILES string of the molecule is CCC1Oc2c(I)cccc2C1N. The Morgan fingerprint density at radius 3 is 2.92 bits per heavy atom. The highest BCUT2D eigenvalue weighted by molar-refractivity contribution is 14.1. The first-order chi connectivity index (χ1) is 6.24. The fraction of sp³-hybridized carbons (Fsp3) is 0.400. The lowest BCUT2D eigenvalue weighted by atomic mass is 10.0. The zero-order valence-electron chi connectivity index (χ0n) is 7.46. The number of fused-ring (bicyclic) bond motifs is 1. The molecule has 2 N–H and O–H groups in total. The number of halogens is 1. The van der Waals surface area contributed by atoms with Crippen LogP contribution >= 0.6 is 22.6 Å². The van der Waals surface area contributed by atoms with Crippen LogP contribution in [0.25, 0.3) is 0 Å². The van der Waals surface area contributed by atoms with Crippen molar-refractivity contribution in [3.63, 3.8) is 0 Å². The minimum absolute atomic E-state index is 0.0507. The summed E-state index contributed by atoms with van der Waals surface area (Å²) in [4.78, 5) is 0. The van der Waals surface area contributed by atoms with E-state index in [0.717, 1.165) is 21.3 Å². The number of rotatable bonds is 1. The van der Waals surface area contributed by atoms with E-state index in [2.05, 4.69) is 35.6 Å². The van der Waals surface area contributed by atoms with Crippen LogP contribution in [0.2, 0.25) is 0 Å². The Morgan fingerprint density at radius 1 is 1.54 bits per heavy atom. The van der Waals surface area contributed by atoms with Gasteiger partial charge in [0.2, 0.25) is 0 Å². The van der Waals surface area contributed by atoms with Crippen LogP contribution in [0.1, 0.15) is 24.9 Å². The molecule has 2 unspecified atom stereocenters. The first-order valence-electron chi connectivity index (χ1n) is 4.44. The Kier molecular flexibility index (Phi) is 2.47. The van der Waals surface area contributed by atoms with E-state index in [0.29, 0.717) is 0 Å². The van der Waals surface area contributed by atoms with E-state index in [-0.39, 0.29) is 12.1 Å². The van der Waals surface area contributed by atoms with Gasteiger partial charge in [-0.05, 0) is 35.1 Å². The van der Waals surface area contributed by atoms with Crippen LogP contribution in [0.3, 0.4) is 0 Å². The summed E-state index contributed by atoms with van der Waals surface area (Å²) in [5, 5.41) is 0. The average Bonchev–Trinajstić information content (AvgIpc) is 2.45. The van der Waals surface area contributed by atoms with E-state index in [9.17, 15) is 0 Å². The summed E-state index contributed by atoms with van der Waals surface area (Å²) < 4.78 is 6.92. The molecule has 70 valence electrons. The minimum Gasteiger partial charge on any atom is -0.487 e. The molecule has 0 fully saturated rings. The first kappa shape index (κ1) is 9.27. The summed E-state index contributed by atoms with van der Waals surface area (Å²) in [6.45, 7) is 2.10. The predicted molar refractivity (Wildman–Crippen MR) is 60.8 cm³/mol. The number of benzene rings is 1. The maximum absolute atomic E-state index is 6.04. The molecule has 1 aromatic rings. The molecule has 2 atom stereocenters. The van der Waals surface area contributed by atoms with Crippen molar-refractivity contribution < 1.29 is 4.74 Å². The van der Waals surface area contributed by atoms with Crippen molar-refractivity contribution in [1.82, 2.24) is 0 Å². The highest BCUT2D eigenvalue weighted by Crippen LogP contribution is 2.39. The Hall–Kier alpha value is -0.290. The quantitative estimate of drug-likeness (QED) is 0.806. The molecule has 1 aliphatic heterocycles. The van der Waals surface area contributed by atoms with Crippen LogP contribution in [0, 0.1) is 3.57 Å². The molecule has 2 nitrogen and oxygen atoms in total. The highest BCUT2D eigenvalue weighted by Gasteiger charge is 2.31. The van der Waals surface area contributed by atoms with Crippen molar-refractivity contribution >= 4 is 22.6 Å². The van der Waals surface area contributed by atoms with Crippen LogP contribution in [0.4, 0.5) is 0 Å². The van der Waals surface area contributed by atoms with Crippen molar-refractivity contribution in [1.29, 1.82) is 0 Å². The van der Waals surface area contributed by atoms with Gasteiger partial charge < -0.3 is 10.5 Å². The van der Waals surface area contributed by atoms with Gasteiger partial charge in [-0.1, -0.05) is 19.1 Å². The molecule has 0 amide bonds. The molecule has 3 heteroatoms. The Balaban J connectivity index is 2.43. The van der Waals surface area contributed by atoms with Gasteiger partial charge in [0.1, 0.15) is 11.9 Å². The second-order valence-corrected chi connectivity index (χ2v) is 4.41. The second-order valence-electron chi connectivity index (χ2n) is 3.25. The van der Waals surface area contributed by atoms with Crippen molar-refractivity contribution in [2.75, 3.05) is 0 Å². The molecular formula is C10H12INO. The molecule has 0 radical (unpaired) electrons. The molecule has 0 aliphatic carbocycles. The largest absolute Gasteiger partial charge is 0.487 e. The van der Waals surface area contributed by atoms with Gasteiger partial charge in [0.25, 0.3) is 0 Å². The van der Waals surface area contributed by atoms with Gasteiger partial charge in [-0.25, -0.2) is 0 Å². The number of hydrogen-bond donors (Lipinski definition) is 1. The monoisotopic (exact) mass is 289 g/mol. The lowest BCUT2D eigenvalue weighted by Gasteiger charge is -2.11. The number of ether oxygens (including phenoxy) is 1. The van der Waals surface area contributed by atoms with Gasteiger partial charge in [0.05, 0.1) is 9.61 Å². The van der Waals surface area contributed by atoms with E-state index in [4.69, 9.17) is 10.5 Å². The maximum atomic E-state index is 6.04. The molecule has 2 rings (SSSR count). The highest BCUT2D eigenvalue weighted by atomic mass is 127. The van der Waals surface area contributed by atoms with Gasteiger partial charge in [-0.15, -0.1) is 0 Å². The fourth-order valence-corrected chi connectivity index (χ4v) is 2.32. The maximum Gasteiger partial charge on any atom is 0.138 e. The normalized spacial score (nSPS) is 25.5. The summed E-state index contributed by atoms with van der Waals surface area (Å²) >= 11 is 2.28. The van der Waals surface area contributed by atoms with Crippen molar-refractivity contribution in [3.8, 4) is 5.75 Å². The van der Waals surface area contributed by atoms with Crippen molar-refractivity contribution in [2.24, 2.45) is 5.73 Å². The summed E-state index contributed by atoms with van der Waals surface area (Å²) in [5.74, 6) is 0.988. The van der Waals surface area contributed by atoms with E-state index >= 15 is 0 Å². The molecule has 13 heavy (non-hydrogen) atoms. The van der Waals surface area contributed by atoms with Crippen LogP contribution in [0.5, 0.6) is 5.75 Å². The summed E-state index contributed by atoms with van der Waals surface area (Å²) in [6.07, 6.45) is 1.12. The Morgan fingerprint density at radius 2 is 2.31 bits per heavy atom. The van der Waals surface area contributed by atoms with E-state index in [1.54, 1.807) is 0 Å². The third-order valence-electron chi connectivity index (χ3n) is 2.43. The molecule has 0 saturated heterocycles. The third-order valence-corrected chi connectivity index (χ3v) is 3.28. The number of para-hydroxylation sites is 1. The molecule has 1 aliphatic rings. The van der Waals surface area contributed by atoms with E-state index in [1.807, 2.05) is 12.1 Å². The van der Waals surface area contributed by atoms with Gasteiger partial charge in [0.15, 0.2) is 0 Å². The van der Waals surface area contributed by atoms with E-state index < -0.39 is 0 Å². The van der Waals surface area contributed by atoms with Crippen molar-refractivity contribution in [3.05, 3.63) is 27.3 Å². The van der Waals surface area contributed by atoms with Crippen LogP contribution in [0.15, 0.2) is 18.2 Å². The van der Waals surface area contributed by atoms with Crippen LogP contribution in [-0.4, -0.2) is 6.10 Å². The minimum atomic E-state index is 0.0507. The topological polar surface area (TPSA) is 35.2 Å². The lowest BCUT2D eigenvalue weighted by molar-refractivity contribution is 0.201. The van der Waals surface area contributed by atoms with Crippen LogP contribution in [-0.2, 0) is 0 Å². The van der Waals surface area contributed by atoms with Gasteiger partial charge in [-0.2, -0.15) is 0 Å². The van der Waals surface area contributed by atoms with E-state index in [1.165, 1.54) is 0 Å². The number of nitrogens with two attached hydrogens (primary N) is 1. The molecule has 0 aromatic heterocycles. The third kappa shape index (κ3) is 1.44. The smallest absolute Gasteiger partial charge is 0.138 e. The van der Waals surface area contributed by atoms with Crippen molar-refractivity contribution in [2.45, 2.75) is 25.5 Å². The van der Waals surface area contributed by atoms with Gasteiger partial charge >= 0.3 is 0 Å². The fourth-order valence-electron chi connectivity index (χ4n) is 1.67. The molecule has 1 aromatic carbocycles. The molecular weight excluding hydrogens is 277 g/mol. The average molecular weight is 289 g/mol. The lowest BCUT2D eigenvalue weighted by Crippen LogP contribution is -2.24. The van der Waals surface area contributed by atoms with Gasteiger partial charge in [-0.3, -0.25) is 0 Å².